The summed E-state index contributed by atoms with van der Waals surface area (Å²) < 4.78 is 12.4. The third-order valence-electron chi connectivity index (χ3n) is 1.28. The van der Waals surface area contributed by atoms with Crippen LogP contribution in [0.15, 0.2) is 18.5 Å². The predicted molar refractivity (Wildman–Crippen MR) is 36.8 cm³/mol. The van der Waals surface area contributed by atoms with Gasteiger partial charge in [-0.1, -0.05) is 0 Å². The maximum absolute atomic E-state index is 12.4. The highest BCUT2D eigenvalue weighted by Crippen LogP contribution is 2.11. The summed E-state index contributed by atoms with van der Waals surface area (Å²) in [7, 11) is 0. The first-order valence-corrected chi connectivity index (χ1v) is 3.12. The Morgan fingerprint density at radius 2 is 2.25 bits per heavy atom. The van der Waals surface area contributed by atoms with Gasteiger partial charge in [-0.2, -0.15) is 0 Å². The van der Waals surface area contributed by atoms with Gasteiger partial charge >= 0.3 is 5.97 Å². The molecule has 0 saturated heterocycles. The van der Waals surface area contributed by atoms with E-state index in [9.17, 15) is 9.18 Å². The number of nitrogens with zero attached hydrogens (tertiary/aromatic N) is 1. The quantitative estimate of drug-likeness (QED) is 0.673. The van der Waals surface area contributed by atoms with Crippen molar-refractivity contribution < 1.29 is 19.4 Å². The number of carboxylic acid groups (broad SMARTS) is 1. The number of hydrogen-bond donors (Lipinski definition) is 2. The summed E-state index contributed by atoms with van der Waals surface area (Å²) in [4.78, 5) is 13.6. The second kappa shape index (κ2) is 3.27. The first-order chi connectivity index (χ1) is 5.61. The highest BCUT2D eigenvalue weighted by molar-refractivity contribution is 5.73. The number of hydrogen-bond acceptors (Lipinski definition) is 3. The minimum absolute atomic E-state index is 0.0671. The van der Waals surface area contributed by atoms with E-state index in [1.807, 2.05) is 0 Å². The summed E-state index contributed by atoms with van der Waals surface area (Å²) in [5.74, 6) is -2.10. The van der Waals surface area contributed by atoms with Crippen LogP contribution in [-0.2, 0) is 4.79 Å². The maximum Gasteiger partial charge on any atom is 0.337 e. The summed E-state index contributed by atoms with van der Waals surface area (Å²) in [6.45, 7) is 0. The topological polar surface area (TPSA) is 70.4 Å². The van der Waals surface area contributed by atoms with E-state index in [1.54, 1.807) is 0 Å². The molecule has 12 heavy (non-hydrogen) atoms. The predicted octanol–water partition coefficient (Wildman–Crippen LogP) is 0.339. The average Bonchev–Trinajstić information content (AvgIpc) is 2.03. The zero-order chi connectivity index (χ0) is 9.14. The SMILES string of the molecule is O=C(O)C(O)c1cncc(F)c1. The Morgan fingerprint density at radius 1 is 1.58 bits per heavy atom. The molecule has 0 aliphatic heterocycles. The molecule has 1 atom stereocenters. The lowest BCUT2D eigenvalue weighted by molar-refractivity contribution is -0.146. The van der Waals surface area contributed by atoms with Gasteiger partial charge in [0.25, 0.3) is 0 Å². The number of aliphatic hydroxyl groups is 1. The number of carboxylic acids is 1. The van der Waals surface area contributed by atoms with Crippen LogP contribution >= 0.6 is 0 Å². The molecule has 5 heteroatoms. The Morgan fingerprint density at radius 3 is 2.75 bits per heavy atom. The van der Waals surface area contributed by atoms with E-state index in [0.717, 1.165) is 18.5 Å². The molecule has 0 aliphatic carbocycles. The lowest BCUT2D eigenvalue weighted by Crippen LogP contribution is -2.10. The molecule has 1 aromatic rings. The van der Waals surface area contributed by atoms with Crippen LogP contribution in [0, 0.1) is 5.82 Å². The molecule has 64 valence electrons. The van der Waals surface area contributed by atoms with E-state index < -0.39 is 17.9 Å². The normalized spacial score (nSPS) is 12.5. The summed E-state index contributed by atoms with van der Waals surface area (Å²) in [5, 5.41) is 17.2. The Kier molecular flexibility index (Phi) is 2.35. The molecule has 1 aromatic heterocycles. The van der Waals surface area contributed by atoms with Crippen molar-refractivity contribution >= 4 is 5.97 Å². The Hall–Kier alpha value is -1.49. The van der Waals surface area contributed by atoms with Gasteiger partial charge in [0.15, 0.2) is 6.10 Å². The van der Waals surface area contributed by atoms with E-state index in [2.05, 4.69) is 4.98 Å². The molecule has 0 bridgehead atoms. The Bertz CT molecular complexity index is 302. The van der Waals surface area contributed by atoms with Gasteiger partial charge in [-0.15, -0.1) is 0 Å². The lowest BCUT2D eigenvalue weighted by Gasteiger charge is -2.03. The van der Waals surface area contributed by atoms with Crippen LogP contribution < -0.4 is 0 Å². The van der Waals surface area contributed by atoms with Crippen molar-refractivity contribution in [2.45, 2.75) is 6.10 Å². The average molecular weight is 171 g/mol. The fourth-order valence-electron chi connectivity index (χ4n) is 0.720. The van der Waals surface area contributed by atoms with Gasteiger partial charge in [-0.25, -0.2) is 9.18 Å². The number of pyridine rings is 1. The number of aliphatic hydroxyl groups excluding tert-OH is 1. The van der Waals surface area contributed by atoms with Crippen molar-refractivity contribution in [1.29, 1.82) is 0 Å². The number of carbonyl (C=O) groups is 1. The summed E-state index contributed by atoms with van der Waals surface area (Å²) >= 11 is 0. The molecule has 1 unspecified atom stereocenters. The lowest BCUT2D eigenvalue weighted by atomic mass is 10.2. The Labute approximate surface area is 67.3 Å². The maximum atomic E-state index is 12.4. The van der Waals surface area contributed by atoms with Crippen molar-refractivity contribution in [2.75, 3.05) is 0 Å². The minimum atomic E-state index is -1.71. The van der Waals surface area contributed by atoms with Crippen LogP contribution in [0.1, 0.15) is 11.7 Å². The number of aliphatic carboxylic acids is 1. The van der Waals surface area contributed by atoms with E-state index in [4.69, 9.17) is 10.2 Å². The second-order valence-corrected chi connectivity index (χ2v) is 2.18. The largest absolute Gasteiger partial charge is 0.479 e. The van der Waals surface area contributed by atoms with Gasteiger partial charge in [0, 0.05) is 11.8 Å². The molecule has 0 aliphatic rings. The van der Waals surface area contributed by atoms with E-state index in [0.29, 0.717) is 0 Å². The van der Waals surface area contributed by atoms with E-state index >= 15 is 0 Å². The third kappa shape index (κ3) is 1.76. The fraction of sp³-hybridized carbons (Fsp3) is 0.143. The molecule has 0 radical (unpaired) electrons. The van der Waals surface area contributed by atoms with Gasteiger partial charge in [0.2, 0.25) is 0 Å². The Balaban J connectivity index is 2.95. The van der Waals surface area contributed by atoms with Crippen LogP contribution in [0.3, 0.4) is 0 Å². The van der Waals surface area contributed by atoms with Crippen molar-refractivity contribution in [2.24, 2.45) is 0 Å². The summed E-state index contributed by atoms with van der Waals surface area (Å²) in [6, 6.07) is 0.922. The second-order valence-electron chi connectivity index (χ2n) is 2.18. The molecule has 4 nitrogen and oxygen atoms in total. The van der Waals surface area contributed by atoms with Crippen LogP contribution in [0.2, 0.25) is 0 Å². The third-order valence-corrected chi connectivity index (χ3v) is 1.28. The molecular formula is C7H6FNO3. The van der Waals surface area contributed by atoms with Crippen molar-refractivity contribution in [3.05, 3.63) is 29.8 Å². The summed E-state index contributed by atoms with van der Waals surface area (Å²) in [5.41, 5.74) is -0.0671. The molecule has 0 spiro atoms. The monoisotopic (exact) mass is 171 g/mol. The zero-order valence-electron chi connectivity index (χ0n) is 5.94. The molecule has 0 fully saturated rings. The zero-order valence-corrected chi connectivity index (χ0v) is 5.94. The van der Waals surface area contributed by atoms with Gasteiger partial charge in [0.1, 0.15) is 5.82 Å². The summed E-state index contributed by atoms with van der Waals surface area (Å²) in [6.07, 6.45) is 0.313. The van der Waals surface area contributed by atoms with Crippen molar-refractivity contribution in [3.63, 3.8) is 0 Å². The van der Waals surface area contributed by atoms with E-state index in [1.165, 1.54) is 0 Å². The molecular weight excluding hydrogens is 165 g/mol. The van der Waals surface area contributed by atoms with Crippen molar-refractivity contribution in [3.8, 4) is 0 Å². The number of rotatable bonds is 2. The van der Waals surface area contributed by atoms with Crippen LogP contribution in [0.4, 0.5) is 4.39 Å². The van der Waals surface area contributed by atoms with E-state index in [-0.39, 0.29) is 5.56 Å². The first-order valence-electron chi connectivity index (χ1n) is 3.12. The van der Waals surface area contributed by atoms with Gasteiger partial charge in [-0.05, 0) is 6.07 Å². The highest BCUT2D eigenvalue weighted by atomic mass is 19.1. The molecule has 0 amide bonds. The van der Waals surface area contributed by atoms with Crippen LogP contribution in [-0.4, -0.2) is 21.2 Å². The molecule has 0 aromatic carbocycles. The minimum Gasteiger partial charge on any atom is -0.479 e. The number of aromatic nitrogens is 1. The smallest absolute Gasteiger partial charge is 0.337 e. The fourth-order valence-corrected chi connectivity index (χ4v) is 0.720. The van der Waals surface area contributed by atoms with Gasteiger partial charge in [0.05, 0.1) is 6.20 Å². The van der Waals surface area contributed by atoms with Gasteiger partial charge < -0.3 is 10.2 Å². The van der Waals surface area contributed by atoms with Gasteiger partial charge in [-0.3, -0.25) is 4.98 Å². The van der Waals surface area contributed by atoms with Crippen molar-refractivity contribution in [1.82, 2.24) is 4.98 Å². The number of halogens is 1. The molecule has 2 N–H and O–H groups in total. The van der Waals surface area contributed by atoms with Crippen LogP contribution in [0.5, 0.6) is 0 Å². The standard InChI is InChI=1S/C7H6FNO3/c8-5-1-4(2-9-3-5)6(10)7(11)12/h1-3,6,10H,(H,11,12). The molecule has 1 rings (SSSR count). The van der Waals surface area contributed by atoms with Crippen LogP contribution in [0.25, 0.3) is 0 Å². The first kappa shape index (κ1) is 8.61. The molecule has 0 saturated carbocycles. The molecule has 1 heterocycles. The highest BCUT2D eigenvalue weighted by Gasteiger charge is 2.16.